The fourth-order valence-corrected chi connectivity index (χ4v) is 4.82. The molecule has 21 heteroatoms. The van der Waals surface area contributed by atoms with E-state index in [-0.39, 0.29) is 28.3 Å². The summed E-state index contributed by atoms with van der Waals surface area (Å²) in [7, 11) is 0. The fourth-order valence-electron chi connectivity index (χ4n) is 2.71. The van der Waals surface area contributed by atoms with Crippen LogP contribution in [0.3, 0.4) is 0 Å². The summed E-state index contributed by atoms with van der Waals surface area (Å²) in [4.78, 5) is 67.2. The van der Waals surface area contributed by atoms with E-state index in [1.165, 1.54) is 25.6 Å². The molecule has 1 fully saturated rings. The molecule has 0 unspecified atom stereocenters. The van der Waals surface area contributed by atoms with Gasteiger partial charge in [0.15, 0.2) is 5.13 Å². The first kappa shape index (κ1) is 31.6. The number of halogens is 4. The predicted molar refractivity (Wildman–Crippen MR) is 128 cm³/mol. The first-order valence-corrected chi connectivity index (χ1v) is 12.4. The average molecular weight is 619 g/mol. The van der Waals surface area contributed by atoms with Crippen LogP contribution in [0, 0.1) is 0 Å². The predicted octanol–water partition coefficient (Wildman–Crippen LogP) is 0.315. The van der Waals surface area contributed by atoms with Gasteiger partial charge >= 0.3 is 24.1 Å². The number of amides is 2. The van der Waals surface area contributed by atoms with Crippen molar-refractivity contribution in [2.24, 2.45) is 5.16 Å². The second-order valence-electron chi connectivity index (χ2n) is 7.86. The van der Waals surface area contributed by atoms with Gasteiger partial charge in [0, 0.05) is 23.2 Å². The number of anilines is 1. The molecule has 1 saturated heterocycles. The highest BCUT2D eigenvalue weighted by molar-refractivity contribution is 8.00. The maximum absolute atomic E-state index is 12.9. The Hall–Kier alpha value is -3.65. The highest BCUT2D eigenvalue weighted by Crippen LogP contribution is 2.40. The number of carbonyl (C=O) groups excluding carboxylic acids is 2. The monoisotopic (exact) mass is 618 g/mol. The normalized spacial score (nSPS) is 19.3. The summed E-state index contributed by atoms with van der Waals surface area (Å²) in [6, 6.07) is -1.06. The first-order chi connectivity index (χ1) is 17.9. The molecule has 15 nitrogen and oxygen atoms in total. The SMILES string of the molecule is CC(C)(O/N=C(\C(=O)N[C@@H]1C(=O)N2C(C(=O)O)=C(CCl)CS[C@H]12)c1nsc(N)n1)C(=O)O.O=C(O)C(F)(F)F. The molecule has 0 aromatic carbocycles. The van der Waals surface area contributed by atoms with E-state index < -0.39 is 58.6 Å². The minimum absolute atomic E-state index is 0.0246. The van der Waals surface area contributed by atoms with E-state index in [1.807, 2.05) is 0 Å². The van der Waals surface area contributed by atoms with Crippen LogP contribution in [0.1, 0.15) is 19.7 Å². The number of carboxylic acids is 3. The smallest absolute Gasteiger partial charge is 0.478 e. The lowest BCUT2D eigenvalue weighted by molar-refractivity contribution is -0.192. The number of oxime groups is 1. The standard InChI is InChI=1S/C16H17ClN6O7S2.C2HF3O2/c1-16(2,14(28)29)30-21-6(9-20-15(18)32-22-9)10(24)19-7-11(25)23-8(13(26)27)5(3-17)4-31-12(7)23;3-2(4,5)1(6)7/h7,12H,3-4H2,1-2H3,(H,19,24)(H,26,27)(H,28,29)(H2,18,20,22);(H,6,7)/b21-6-;/t7-,12-;/m1./s1. The number of nitrogens with zero attached hydrogens (tertiary/aromatic N) is 4. The molecule has 2 atom stereocenters. The summed E-state index contributed by atoms with van der Waals surface area (Å²) in [5.41, 5.74) is 3.49. The second kappa shape index (κ2) is 12.0. The molecule has 2 amide bonds. The van der Waals surface area contributed by atoms with E-state index in [1.54, 1.807) is 0 Å². The van der Waals surface area contributed by atoms with E-state index >= 15 is 0 Å². The van der Waals surface area contributed by atoms with E-state index in [2.05, 4.69) is 19.8 Å². The van der Waals surface area contributed by atoms with Crippen LogP contribution in [0.2, 0.25) is 0 Å². The number of alkyl halides is 4. The quantitative estimate of drug-likeness (QED) is 0.114. The Morgan fingerprint density at radius 2 is 1.82 bits per heavy atom. The molecule has 1 aromatic heterocycles. The van der Waals surface area contributed by atoms with Crippen LogP contribution in [-0.4, -0.2) is 99.8 Å². The van der Waals surface area contributed by atoms with Crippen molar-refractivity contribution in [3.8, 4) is 0 Å². The summed E-state index contributed by atoms with van der Waals surface area (Å²) in [6.07, 6.45) is -5.08. The number of carbonyl (C=O) groups is 5. The average Bonchev–Trinajstić information content (AvgIpc) is 3.26. The van der Waals surface area contributed by atoms with E-state index in [0.29, 0.717) is 5.57 Å². The number of carboxylic acid groups (broad SMARTS) is 3. The van der Waals surface area contributed by atoms with Crippen LogP contribution in [0.15, 0.2) is 16.4 Å². The molecule has 1 aromatic rings. The van der Waals surface area contributed by atoms with Crippen molar-refractivity contribution in [1.29, 1.82) is 0 Å². The number of aliphatic carboxylic acids is 3. The lowest BCUT2D eigenvalue weighted by atomic mass is 10.0. The van der Waals surface area contributed by atoms with Crippen molar-refractivity contribution in [3.05, 3.63) is 17.1 Å². The molecule has 0 radical (unpaired) electrons. The number of hydrogen-bond donors (Lipinski definition) is 5. The van der Waals surface area contributed by atoms with Gasteiger partial charge in [0.05, 0.1) is 0 Å². The molecule has 3 heterocycles. The number of nitrogen functional groups attached to an aromatic ring is 1. The van der Waals surface area contributed by atoms with Crippen molar-refractivity contribution >= 4 is 75.5 Å². The highest BCUT2D eigenvalue weighted by Gasteiger charge is 2.54. The van der Waals surface area contributed by atoms with Gasteiger partial charge in [-0.25, -0.2) is 14.4 Å². The number of aromatic nitrogens is 2. The van der Waals surface area contributed by atoms with Crippen molar-refractivity contribution < 1.29 is 57.3 Å². The van der Waals surface area contributed by atoms with Crippen molar-refractivity contribution in [2.75, 3.05) is 17.4 Å². The molecule has 6 N–H and O–H groups in total. The maximum atomic E-state index is 12.9. The topological polar surface area (TPSA) is 235 Å². The number of fused-ring (bicyclic) bond motifs is 1. The van der Waals surface area contributed by atoms with E-state index in [9.17, 15) is 42.6 Å². The minimum Gasteiger partial charge on any atom is -0.478 e. The van der Waals surface area contributed by atoms with Gasteiger partial charge in [-0.2, -0.15) is 22.5 Å². The lowest BCUT2D eigenvalue weighted by Crippen LogP contribution is -2.71. The van der Waals surface area contributed by atoms with Crippen LogP contribution < -0.4 is 11.1 Å². The Morgan fingerprint density at radius 1 is 1.23 bits per heavy atom. The third kappa shape index (κ3) is 7.26. The van der Waals surface area contributed by atoms with Gasteiger partial charge in [0.2, 0.25) is 17.1 Å². The van der Waals surface area contributed by atoms with Gasteiger partial charge in [0.25, 0.3) is 11.8 Å². The molecule has 0 saturated carbocycles. The molecule has 214 valence electrons. The summed E-state index contributed by atoms with van der Waals surface area (Å²) >= 11 is 7.81. The number of β-lactam (4-membered cyclic amide) rings is 1. The zero-order valence-electron chi connectivity index (χ0n) is 19.6. The number of hydrogen-bond acceptors (Lipinski definition) is 12. The van der Waals surface area contributed by atoms with Crippen LogP contribution >= 0.6 is 34.9 Å². The Kier molecular flexibility index (Phi) is 9.74. The summed E-state index contributed by atoms with van der Waals surface area (Å²) in [6.45, 7) is 2.44. The number of nitrogens with two attached hydrogens (primary N) is 1. The number of nitrogens with one attached hydrogen (secondary N) is 1. The Bertz CT molecular complexity index is 1250. The molecule has 39 heavy (non-hydrogen) atoms. The fraction of sp³-hybridized carbons (Fsp3) is 0.444. The largest absolute Gasteiger partial charge is 0.490 e. The molecular weight excluding hydrogens is 601 g/mol. The highest BCUT2D eigenvalue weighted by atomic mass is 35.5. The second-order valence-corrected chi connectivity index (χ2v) is 10.0. The van der Waals surface area contributed by atoms with Gasteiger partial charge < -0.3 is 31.2 Å². The summed E-state index contributed by atoms with van der Waals surface area (Å²) in [5.74, 6) is -6.95. The van der Waals surface area contributed by atoms with Gasteiger partial charge in [-0.3, -0.25) is 14.5 Å². The number of rotatable bonds is 8. The summed E-state index contributed by atoms with van der Waals surface area (Å²) < 4.78 is 35.6. The van der Waals surface area contributed by atoms with Gasteiger partial charge in [-0.05, 0) is 19.4 Å². The van der Waals surface area contributed by atoms with Crippen LogP contribution in [-0.2, 0) is 28.8 Å². The Balaban J connectivity index is 0.000000673. The molecule has 0 aliphatic carbocycles. The maximum Gasteiger partial charge on any atom is 0.490 e. The van der Waals surface area contributed by atoms with Crippen LogP contribution in [0.4, 0.5) is 18.3 Å². The Labute approximate surface area is 229 Å². The van der Waals surface area contributed by atoms with Gasteiger partial charge in [0.1, 0.15) is 17.1 Å². The summed E-state index contributed by atoms with van der Waals surface area (Å²) in [5, 5.41) is 31.2. The molecule has 3 rings (SSSR count). The molecular formula is C18H18ClF3N6O9S2. The number of thioether (sulfide) groups is 1. The molecule has 2 aliphatic heterocycles. The van der Waals surface area contributed by atoms with E-state index in [4.69, 9.17) is 32.1 Å². The molecule has 0 bridgehead atoms. The van der Waals surface area contributed by atoms with Gasteiger partial charge in [-0.15, -0.1) is 23.4 Å². The van der Waals surface area contributed by atoms with Crippen molar-refractivity contribution in [2.45, 2.75) is 37.0 Å². The lowest BCUT2D eigenvalue weighted by Gasteiger charge is -2.49. The Morgan fingerprint density at radius 3 is 2.26 bits per heavy atom. The molecule has 0 spiro atoms. The molecule has 2 aliphatic rings. The zero-order chi connectivity index (χ0) is 29.9. The zero-order valence-corrected chi connectivity index (χ0v) is 21.9. The first-order valence-electron chi connectivity index (χ1n) is 10.1. The van der Waals surface area contributed by atoms with Crippen molar-refractivity contribution in [1.82, 2.24) is 19.6 Å². The van der Waals surface area contributed by atoms with E-state index in [0.717, 1.165) is 16.4 Å². The third-order valence-corrected chi connectivity index (χ3v) is 6.89. The minimum atomic E-state index is -5.08. The van der Waals surface area contributed by atoms with Crippen LogP contribution in [0.5, 0.6) is 0 Å². The third-order valence-electron chi connectivity index (χ3n) is 4.69. The van der Waals surface area contributed by atoms with Crippen LogP contribution in [0.25, 0.3) is 0 Å². The van der Waals surface area contributed by atoms with Gasteiger partial charge in [-0.1, -0.05) is 5.16 Å². The van der Waals surface area contributed by atoms with Crippen molar-refractivity contribution in [3.63, 3.8) is 0 Å².